The molecule has 0 N–H and O–H groups in total. The molecule has 0 spiro atoms. The third kappa shape index (κ3) is 11.3. The summed E-state index contributed by atoms with van der Waals surface area (Å²) < 4.78 is 0. The van der Waals surface area contributed by atoms with Crippen molar-refractivity contribution in [3.63, 3.8) is 0 Å². The molecule has 1 aliphatic carbocycles. The predicted molar refractivity (Wildman–Crippen MR) is 195 cm³/mol. The van der Waals surface area contributed by atoms with E-state index in [9.17, 15) is 0 Å². The number of hydrogen-bond acceptors (Lipinski definition) is 0. The third-order valence-electron chi connectivity index (χ3n) is 5.37. The molecule has 0 aliphatic heterocycles. The molecule has 5 rings (SSSR count). The van der Waals surface area contributed by atoms with Crippen molar-refractivity contribution in [1.29, 1.82) is 0 Å². The molecule has 0 heterocycles. The number of benzene rings is 4. The van der Waals surface area contributed by atoms with E-state index in [1.165, 1.54) is 33.4 Å². The molecular formula is C41H66. The lowest BCUT2D eigenvalue weighted by atomic mass is 9.68. The van der Waals surface area contributed by atoms with Crippen LogP contribution >= 0.6 is 0 Å². The van der Waals surface area contributed by atoms with Gasteiger partial charge in [0.15, 0.2) is 0 Å². The van der Waals surface area contributed by atoms with Gasteiger partial charge in [-0.15, -0.1) is 0 Å². The van der Waals surface area contributed by atoms with Crippen molar-refractivity contribution in [2.24, 2.45) is 0 Å². The van der Waals surface area contributed by atoms with Gasteiger partial charge in [0, 0.05) is 0 Å². The highest BCUT2D eigenvalue weighted by Gasteiger charge is 2.45. The molecule has 0 amide bonds. The van der Waals surface area contributed by atoms with Crippen LogP contribution in [0.15, 0.2) is 109 Å². The molecule has 1 aliphatic rings. The highest BCUT2D eigenvalue weighted by Crippen LogP contribution is 2.55. The molecule has 0 fully saturated rings. The maximum atomic E-state index is 2.29. The van der Waals surface area contributed by atoms with Gasteiger partial charge in [0.25, 0.3) is 0 Å². The minimum absolute atomic E-state index is 0.254. The van der Waals surface area contributed by atoms with E-state index in [0.717, 1.165) is 0 Å². The Kier molecular flexibility index (Phi) is 34.4. The first-order valence-electron chi connectivity index (χ1n) is 16.7. The molecule has 0 nitrogen and oxygen atoms in total. The Hall–Kier alpha value is -3.12. The largest absolute Gasteiger partial charge is 0.0713 e. The van der Waals surface area contributed by atoms with Crippen LogP contribution in [0.4, 0.5) is 0 Å². The quantitative estimate of drug-likeness (QED) is 0.202. The molecule has 0 heteroatoms. The van der Waals surface area contributed by atoms with Crippen LogP contribution in [0.2, 0.25) is 0 Å². The molecule has 0 bridgehead atoms. The fourth-order valence-electron chi connectivity index (χ4n) is 4.40. The van der Waals surface area contributed by atoms with Crippen LogP contribution in [0.1, 0.15) is 133 Å². The minimum Gasteiger partial charge on any atom is -0.0683 e. The van der Waals surface area contributed by atoms with Crippen LogP contribution in [-0.2, 0) is 5.41 Å². The van der Waals surface area contributed by atoms with Crippen LogP contribution in [0, 0.1) is 0 Å². The lowest BCUT2D eigenvalue weighted by molar-refractivity contribution is 0.768. The van der Waals surface area contributed by atoms with Crippen LogP contribution in [0.5, 0.6) is 0 Å². The molecule has 0 radical (unpaired) electrons. The van der Waals surface area contributed by atoms with Gasteiger partial charge in [0.1, 0.15) is 0 Å². The lowest BCUT2D eigenvalue weighted by Gasteiger charge is -2.33. The van der Waals surface area contributed by atoms with E-state index in [1.807, 2.05) is 111 Å². The first-order valence-corrected chi connectivity index (χ1v) is 16.7. The summed E-state index contributed by atoms with van der Waals surface area (Å²) in [5, 5.41) is 0. The average molecular weight is 559 g/mol. The maximum Gasteiger partial charge on any atom is 0.0713 e. The summed E-state index contributed by atoms with van der Waals surface area (Å²) in [5.41, 5.74) is 7.80. The van der Waals surface area contributed by atoms with Crippen LogP contribution in [0.3, 0.4) is 0 Å². The van der Waals surface area contributed by atoms with Gasteiger partial charge in [-0.3, -0.25) is 0 Å². The molecule has 0 saturated heterocycles. The molecule has 4 aromatic rings. The summed E-state index contributed by atoms with van der Waals surface area (Å²) >= 11 is 0. The zero-order chi connectivity index (χ0) is 32.7. The molecular weight excluding hydrogens is 492 g/mol. The summed E-state index contributed by atoms with van der Waals surface area (Å²) in [6.07, 6.45) is 0. The average Bonchev–Trinajstić information content (AvgIpc) is 3.44. The Bertz CT molecular complexity index is 943. The molecule has 4 aromatic carbocycles. The molecule has 0 atom stereocenters. The van der Waals surface area contributed by atoms with Crippen molar-refractivity contribution in [3.05, 3.63) is 131 Å². The molecule has 0 unspecified atom stereocenters. The van der Waals surface area contributed by atoms with Crippen molar-refractivity contribution in [3.8, 4) is 11.1 Å². The smallest absolute Gasteiger partial charge is 0.0683 e. The van der Waals surface area contributed by atoms with E-state index in [4.69, 9.17) is 0 Å². The van der Waals surface area contributed by atoms with E-state index in [0.29, 0.717) is 0 Å². The van der Waals surface area contributed by atoms with Crippen LogP contribution in [0.25, 0.3) is 11.1 Å². The Balaban J connectivity index is -0.000000373. The fraction of sp³-hybridized carbons (Fsp3) is 0.415. The SMILES string of the molecule is CC.CC.CC.CC.CC.CC.CC.CC.c1ccc(C2(c3ccccc3)c3ccccc3-c3ccccc32)cc1. The Morgan fingerprint density at radius 2 is 0.488 bits per heavy atom. The van der Waals surface area contributed by atoms with Gasteiger partial charge in [-0.05, 0) is 33.4 Å². The van der Waals surface area contributed by atoms with Crippen LogP contribution < -0.4 is 0 Å². The van der Waals surface area contributed by atoms with Crippen molar-refractivity contribution in [1.82, 2.24) is 0 Å². The second-order valence-corrected chi connectivity index (χ2v) is 6.57. The second-order valence-electron chi connectivity index (χ2n) is 6.57. The zero-order valence-electron chi connectivity index (χ0n) is 29.9. The summed E-state index contributed by atoms with van der Waals surface area (Å²) in [5.74, 6) is 0. The highest BCUT2D eigenvalue weighted by molar-refractivity contribution is 5.86. The van der Waals surface area contributed by atoms with E-state index in [2.05, 4.69) is 109 Å². The van der Waals surface area contributed by atoms with Crippen molar-refractivity contribution >= 4 is 0 Å². The Labute approximate surface area is 258 Å². The normalized spacial score (nSPS) is 9.66. The van der Waals surface area contributed by atoms with Gasteiger partial charge in [0.05, 0.1) is 5.41 Å². The Morgan fingerprint density at radius 3 is 0.756 bits per heavy atom. The first kappa shape index (κ1) is 44.9. The Morgan fingerprint density at radius 1 is 0.268 bits per heavy atom. The topological polar surface area (TPSA) is 0 Å². The van der Waals surface area contributed by atoms with Crippen molar-refractivity contribution in [2.75, 3.05) is 0 Å². The maximum absolute atomic E-state index is 2.29. The lowest BCUT2D eigenvalue weighted by Crippen LogP contribution is -2.28. The highest BCUT2D eigenvalue weighted by atomic mass is 14.5. The second kappa shape index (κ2) is 31.4. The van der Waals surface area contributed by atoms with E-state index < -0.39 is 0 Å². The fourth-order valence-corrected chi connectivity index (χ4v) is 4.40. The standard InChI is InChI=1S/C25H18.8C2H6/c1-3-11-19(12-4-1)25(20-13-5-2-6-14-20)23-17-9-7-15-21(23)22-16-8-10-18-24(22)25;8*1-2/h1-18H;8*1-2H3. The number of fused-ring (bicyclic) bond motifs is 3. The van der Waals surface area contributed by atoms with Crippen molar-refractivity contribution in [2.45, 2.75) is 116 Å². The molecule has 230 valence electrons. The summed E-state index contributed by atoms with van der Waals surface area (Å²) in [7, 11) is 0. The van der Waals surface area contributed by atoms with Crippen molar-refractivity contribution < 1.29 is 0 Å². The van der Waals surface area contributed by atoms with Gasteiger partial charge in [-0.2, -0.15) is 0 Å². The summed E-state index contributed by atoms with van der Waals surface area (Å²) in [6, 6.07) is 39.5. The summed E-state index contributed by atoms with van der Waals surface area (Å²) in [4.78, 5) is 0. The van der Waals surface area contributed by atoms with Gasteiger partial charge in [-0.1, -0.05) is 220 Å². The van der Waals surface area contributed by atoms with E-state index in [-0.39, 0.29) is 5.41 Å². The number of hydrogen-bond donors (Lipinski definition) is 0. The molecule has 0 saturated carbocycles. The molecule has 0 aromatic heterocycles. The van der Waals surface area contributed by atoms with E-state index in [1.54, 1.807) is 0 Å². The molecule has 41 heavy (non-hydrogen) atoms. The monoisotopic (exact) mass is 559 g/mol. The van der Waals surface area contributed by atoms with E-state index >= 15 is 0 Å². The van der Waals surface area contributed by atoms with Gasteiger partial charge in [-0.25, -0.2) is 0 Å². The first-order chi connectivity index (χ1) is 20.4. The van der Waals surface area contributed by atoms with Gasteiger partial charge >= 0.3 is 0 Å². The third-order valence-corrected chi connectivity index (χ3v) is 5.37. The van der Waals surface area contributed by atoms with Gasteiger partial charge in [0.2, 0.25) is 0 Å². The predicted octanol–water partition coefficient (Wildman–Crippen LogP) is 14.3. The minimum atomic E-state index is -0.254. The van der Waals surface area contributed by atoms with Gasteiger partial charge < -0.3 is 0 Å². The summed E-state index contributed by atoms with van der Waals surface area (Å²) in [6.45, 7) is 32.0. The van der Waals surface area contributed by atoms with Crippen LogP contribution in [-0.4, -0.2) is 0 Å². The zero-order valence-corrected chi connectivity index (χ0v) is 29.9. The number of rotatable bonds is 2.